The maximum atomic E-state index is 13.8. The van der Waals surface area contributed by atoms with Crippen LogP contribution in [0.15, 0.2) is 11.2 Å². The third-order valence-electron chi connectivity index (χ3n) is 2.92. The zero-order chi connectivity index (χ0) is 17.3. The molecule has 23 heavy (non-hydrogen) atoms. The Morgan fingerprint density at radius 3 is 2.26 bits per heavy atom. The van der Waals surface area contributed by atoms with E-state index in [4.69, 9.17) is 0 Å². The van der Waals surface area contributed by atoms with Crippen LogP contribution in [0.1, 0.15) is 12.8 Å². The van der Waals surface area contributed by atoms with E-state index in [2.05, 4.69) is 10.5 Å². The Balaban J connectivity index is 2.49. The first-order valence-electron chi connectivity index (χ1n) is 6.44. The molecule has 0 bridgehead atoms. The van der Waals surface area contributed by atoms with Crippen molar-refractivity contribution in [3.63, 3.8) is 0 Å². The van der Waals surface area contributed by atoms with Crippen LogP contribution in [0.5, 0.6) is 0 Å². The predicted octanol–water partition coefficient (Wildman–Crippen LogP) is 1.32. The lowest BCUT2D eigenvalue weighted by atomic mass is 10.1. The maximum Gasteiger partial charge on any atom is 0.281 e. The minimum absolute atomic E-state index is 0.0198. The molecular weight excluding hydrogens is 320 g/mol. The lowest BCUT2D eigenvalue weighted by Gasteiger charge is -2.24. The molecule has 0 saturated heterocycles. The molecule has 2 amide bonds. The minimum atomic E-state index is -1.77. The predicted molar refractivity (Wildman–Crippen MR) is 72.3 cm³/mol. The van der Waals surface area contributed by atoms with Gasteiger partial charge in [0, 0.05) is 33.0 Å². The molecule has 10 heteroatoms. The summed E-state index contributed by atoms with van der Waals surface area (Å²) in [5, 5.41) is 5.01. The van der Waals surface area contributed by atoms with Crippen molar-refractivity contribution in [2.75, 3.05) is 19.1 Å². The van der Waals surface area contributed by atoms with Crippen molar-refractivity contribution >= 4 is 23.2 Å². The highest BCUT2D eigenvalue weighted by molar-refractivity contribution is 6.40. The molecule has 2 rings (SSSR count). The average molecular weight is 332 g/mol. The summed E-state index contributed by atoms with van der Waals surface area (Å²) < 4.78 is 54.1. The number of amides is 2. The number of carbonyl (C=O) groups excluding carboxylic acids is 2. The standard InChI is InChI=1S/C13H12F4N4O2/c1-20(2)19-13(23)8-3-4-9(22)21(18-8)12-10(16)6(14)5-7(15)11(12)17/h5H,3-4H2,1-2H3,(H,19,23). The zero-order valence-electron chi connectivity index (χ0n) is 12.2. The molecule has 1 heterocycles. The lowest BCUT2D eigenvalue weighted by Crippen LogP contribution is -2.44. The van der Waals surface area contributed by atoms with Crippen LogP contribution in [0.3, 0.4) is 0 Å². The molecule has 0 fully saturated rings. The summed E-state index contributed by atoms with van der Waals surface area (Å²) >= 11 is 0. The molecule has 1 aliphatic rings. The van der Waals surface area contributed by atoms with Gasteiger partial charge in [0.25, 0.3) is 5.91 Å². The fraction of sp³-hybridized carbons (Fsp3) is 0.308. The van der Waals surface area contributed by atoms with Crippen LogP contribution in [0.2, 0.25) is 0 Å². The lowest BCUT2D eigenvalue weighted by molar-refractivity contribution is -0.119. The molecule has 0 radical (unpaired) electrons. The quantitative estimate of drug-likeness (QED) is 0.516. The number of benzene rings is 1. The van der Waals surface area contributed by atoms with Gasteiger partial charge in [-0.1, -0.05) is 0 Å². The molecule has 0 aliphatic carbocycles. The molecule has 0 unspecified atom stereocenters. The number of hydrazine groups is 1. The van der Waals surface area contributed by atoms with E-state index in [1.165, 1.54) is 19.1 Å². The smallest absolute Gasteiger partial charge is 0.281 e. The second-order valence-corrected chi connectivity index (χ2v) is 4.90. The summed E-state index contributed by atoms with van der Waals surface area (Å²) in [5.74, 6) is -8.48. The maximum absolute atomic E-state index is 13.8. The monoisotopic (exact) mass is 332 g/mol. The molecule has 6 nitrogen and oxygen atoms in total. The van der Waals surface area contributed by atoms with Crippen LogP contribution in [0, 0.1) is 23.3 Å². The van der Waals surface area contributed by atoms with Gasteiger partial charge in [-0.15, -0.1) is 0 Å². The minimum Gasteiger partial charge on any atom is -0.284 e. The topological polar surface area (TPSA) is 65.0 Å². The first-order chi connectivity index (χ1) is 10.7. The van der Waals surface area contributed by atoms with Crippen molar-refractivity contribution in [3.05, 3.63) is 29.3 Å². The van der Waals surface area contributed by atoms with E-state index >= 15 is 0 Å². The summed E-state index contributed by atoms with van der Waals surface area (Å²) in [6.45, 7) is 0. The molecule has 0 spiro atoms. The van der Waals surface area contributed by atoms with E-state index < -0.39 is 40.8 Å². The molecule has 0 aromatic heterocycles. The van der Waals surface area contributed by atoms with Crippen molar-refractivity contribution in [2.45, 2.75) is 12.8 Å². The number of nitrogens with one attached hydrogen (secondary N) is 1. The van der Waals surface area contributed by atoms with Crippen molar-refractivity contribution in [2.24, 2.45) is 5.10 Å². The molecule has 0 atom stereocenters. The molecule has 0 saturated carbocycles. The van der Waals surface area contributed by atoms with Gasteiger partial charge in [0.1, 0.15) is 11.4 Å². The fourth-order valence-corrected chi connectivity index (χ4v) is 1.91. The second-order valence-electron chi connectivity index (χ2n) is 4.90. The van der Waals surface area contributed by atoms with Gasteiger partial charge < -0.3 is 0 Å². The van der Waals surface area contributed by atoms with Crippen LogP contribution in [-0.2, 0) is 9.59 Å². The van der Waals surface area contributed by atoms with Gasteiger partial charge in [0.2, 0.25) is 5.91 Å². The first-order valence-corrected chi connectivity index (χ1v) is 6.44. The Labute approximate surface area is 128 Å². The summed E-state index contributed by atoms with van der Waals surface area (Å²) in [6.07, 6.45) is -0.368. The fourth-order valence-electron chi connectivity index (χ4n) is 1.91. The Morgan fingerprint density at radius 2 is 1.74 bits per heavy atom. The number of hydrogen-bond donors (Lipinski definition) is 1. The van der Waals surface area contributed by atoms with E-state index in [9.17, 15) is 27.2 Å². The number of carbonyl (C=O) groups is 2. The third kappa shape index (κ3) is 3.31. The van der Waals surface area contributed by atoms with Crippen LogP contribution in [0.4, 0.5) is 23.2 Å². The Kier molecular flexibility index (Phi) is 4.64. The van der Waals surface area contributed by atoms with Gasteiger partial charge >= 0.3 is 0 Å². The number of rotatable bonds is 3. The highest BCUT2D eigenvalue weighted by Crippen LogP contribution is 2.30. The Bertz CT molecular complexity index is 679. The number of halogens is 4. The number of anilines is 1. The number of hydrogen-bond acceptors (Lipinski definition) is 4. The molecule has 1 aliphatic heterocycles. The van der Waals surface area contributed by atoms with E-state index in [0.717, 1.165) is 0 Å². The largest absolute Gasteiger partial charge is 0.284 e. The van der Waals surface area contributed by atoms with Gasteiger partial charge in [-0.05, 0) is 0 Å². The van der Waals surface area contributed by atoms with Crippen molar-refractivity contribution < 1.29 is 27.2 Å². The molecular formula is C13H12F4N4O2. The van der Waals surface area contributed by atoms with E-state index in [-0.39, 0.29) is 29.6 Å². The van der Waals surface area contributed by atoms with Crippen LogP contribution in [-0.4, -0.2) is 36.6 Å². The van der Waals surface area contributed by atoms with Crippen LogP contribution < -0.4 is 10.4 Å². The van der Waals surface area contributed by atoms with Gasteiger partial charge in [0.15, 0.2) is 23.3 Å². The Hall–Kier alpha value is -2.49. The Morgan fingerprint density at radius 1 is 1.17 bits per heavy atom. The summed E-state index contributed by atoms with van der Waals surface area (Å²) in [7, 11) is 3.04. The van der Waals surface area contributed by atoms with Gasteiger partial charge in [0.05, 0.1) is 0 Å². The number of hydrazone groups is 1. The highest BCUT2D eigenvalue weighted by atomic mass is 19.2. The third-order valence-corrected chi connectivity index (χ3v) is 2.92. The normalized spacial score (nSPS) is 15.0. The first kappa shape index (κ1) is 16.9. The molecule has 1 N–H and O–H groups in total. The SMILES string of the molecule is CN(C)NC(=O)C1=NN(c2c(F)c(F)cc(F)c2F)C(=O)CC1. The van der Waals surface area contributed by atoms with Crippen molar-refractivity contribution in [1.82, 2.24) is 10.4 Å². The zero-order valence-corrected chi connectivity index (χ0v) is 12.2. The van der Waals surface area contributed by atoms with E-state index in [1.807, 2.05) is 0 Å². The van der Waals surface area contributed by atoms with Crippen molar-refractivity contribution in [1.29, 1.82) is 0 Å². The van der Waals surface area contributed by atoms with Gasteiger partial charge in [-0.25, -0.2) is 22.6 Å². The molecule has 1 aromatic carbocycles. The molecule has 1 aromatic rings. The second kappa shape index (κ2) is 6.32. The van der Waals surface area contributed by atoms with Crippen LogP contribution >= 0.6 is 0 Å². The van der Waals surface area contributed by atoms with E-state index in [0.29, 0.717) is 0 Å². The number of nitrogens with zero attached hydrogens (tertiary/aromatic N) is 3. The van der Waals surface area contributed by atoms with Gasteiger partial charge in [-0.2, -0.15) is 10.1 Å². The average Bonchev–Trinajstić information content (AvgIpc) is 2.46. The van der Waals surface area contributed by atoms with E-state index in [1.54, 1.807) is 0 Å². The van der Waals surface area contributed by atoms with Gasteiger partial charge in [-0.3, -0.25) is 15.0 Å². The summed E-state index contributed by atoms with van der Waals surface area (Å²) in [6, 6.07) is 0.0198. The summed E-state index contributed by atoms with van der Waals surface area (Å²) in [5.41, 5.74) is 0.845. The van der Waals surface area contributed by atoms with Crippen LogP contribution in [0.25, 0.3) is 0 Å². The summed E-state index contributed by atoms with van der Waals surface area (Å²) in [4.78, 5) is 23.6. The molecule has 124 valence electrons. The van der Waals surface area contributed by atoms with Crippen molar-refractivity contribution in [3.8, 4) is 0 Å². The highest BCUT2D eigenvalue weighted by Gasteiger charge is 2.32.